The number of ether oxygens (including phenoxy) is 2. The minimum Gasteiger partial charge on any atom is -0.490 e. The molecule has 0 saturated carbocycles. The third-order valence-corrected chi connectivity index (χ3v) is 5.11. The van der Waals surface area contributed by atoms with Crippen molar-refractivity contribution in [3.63, 3.8) is 0 Å². The van der Waals surface area contributed by atoms with E-state index in [0.717, 1.165) is 42.9 Å². The summed E-state index contributed by atoms with van der Waals surface area (Å²) in [7, 11) is 0. The fourth-order valence-electron chi connectivity index (χ4n) is 3.31. The van der Waals surface area contributed by atoms with Crippen molar-refractivity contribution in [1.82, 2.24) is 9.97 Å². The lowest BCUT2D eigenvalue weighted by Gasteiger charge is -2.07. The molecular formula is C27H38N2O2. The molecule has 1 aromatic heterocycles. The van der Waals surface area contributed by atoms with Gasteiger partial charge in [0.1, 0.15) is 0 Å². The van der Waals surface area contributed by atoms with E-state index in [-0.39, 0.29) is 6.10 Å². The van der Waals surface area contributed by atoms with Crippen molar-refractivity contribution in [3.8, 4) is 29.0 Å². The highest BCUT2D eigenvalue weighted by atomic mass is 16.5. The summed E-state index contributed by atoms with van der Waals surface area (Å²) in [6.45, 7) is 7.75. The van der Waals surface area contributed by atoms with Crippen molar-refractivity contribution >= 4 is 0 Å². The molecule has 1 aromatic carbocycles. The fraction of sp³-hybridized carbons (Fsp3) is 0.556. The molecule has 0 N–H and O–H groups in total. The monoisotopic (exact) mass is 422 g/mol. The summed E-state index contributed by atoms with van der Waals surface area (Å²) in [5.41, 5.74) is 1.96. The Labute approximate surface area is 188 Å². The normalized spacial score (nSPS) is 11.6. The molecule has 0 aliphatic rings. The minimum atomic E-state index is 0.168. The predicted octanol–water partition coefficient (Wildman–Crippen LogP) is 6.83. The van der Waals surface area contributed by atoms with Crippen LogP contribution in [0.2, 0.25) is 0 Å². The van der Waals surface area contributed by atoms with Crippen molar-refractivity contribution in [2.75, 3.05) is 13.2 Å². The van der Waals surface area contributed by atoms with E-state index in [1.807, 2.05) is 38.1 Å². The van der Waals surface area contributed by atoms with E-state index in [2.05, 4.69) is 28.7 Å². The largest absolute Gasteiger partial charge is 0.490 e. The summed E-state index contributed by atoms with van der Waals surface area (Å²) >= 11 is 0. The van der Waals surface area contributed by atoms with E-state index in [1.54, 1.807) is 12.4 Å². The summed E-state index contributed by atoms with van der Waals surface area (Å²) in [4.78, 5) is 8.91. The number of benzene rings is 1. The highest BCUT2D eigenvalue weighted by Crippen LogP contribution is 2.17. The Hall–Kier alpha value is -2.38. The maximum atomic E-state index is 5.79. The van der Waals surface area contributed by atoms with Crippen molar-refractivity contribution < 1.29 is 9.47 Å². The Morgan fingerprint density at radius 3 is 2.16 bits per heavy atom. The number of hydrogen-bond donors (Lipinski definition) is 0. The number of hydrogen-bond acceptors (Lipinski definition) is 4. The molecule has 0 aliphatic heterocycles. The molecule has 1 atom stereocenters. The highest BCUT2D eigenvalue weighted by molar-refractivity contribution is 5.56. The van der Waals surface area contributed by atoms with Crippen molar-refractivity contribution in [1.29, 1.82) is 0 Å². The summed E-state index contributed by atoms with van der Waals surface area (Å²) < 4.78 is 11.3. The Morgan fingerprint density at radius 1 is 0.871 bits per heavy atom. The maximum Gasteiger partial charge on any atom is 0.159 e. The zero-order valence-corrected chi connectivity index (χ0v) is 19.5. The predicted molar refractivity (Wildman–Crippen MR) is 128 cm³/mol. The minimum absolute atomic E-state index is 0.168. The number of unbranched alkanes of at least 4 members (excludes halogenated alkanes) is 7. The summed E-state index contributed by atoms with van der Waals surface area (Å²) in [6, 6.07) is 8.02. The Bertz CT molecular complexity index is 776. The molecule has 0 bridgehead atoms. The molecule has 2 rings (SSSR count). The van der Waals surface area contributed by atoms with Crippen LogP contribution in [0, 0.1) is 11.8 Å². The smallest absolute Gasteiger partial charge is 0.159 e. The van der Waals surface area contributed by atoms with Gasteiger partial charge in [0, 0.05) is 24.2 Å². The molecule has 168 valence electrons. The van der Waals surface area contributed by atoms with E-state index in [9.17, 15) is 0 Å². The van der Waals surface area contributed by atoms with E-state index in [4.69, 9.17) is 9.47 Å². The molecule has 0 radical (unpaired) electrons. The third-order valence-electron chi connectivity index (χ3n) is 5.11. The topological polar surface area (TPSA) is 44.2 Å². The first-order valence-electron chi connectivity index (χ1n) is 11.9. The van der Waals surface area contributed by atoms with E-state index < -0.39 is 0 Å². The molecule has 31 heavy (non-hydrogen) atoms. The van der Waals surface area contributed by atoms with Crippen LogP contribution in [0.25, 0.3) is 11.4 Å². The average molecular weight is 423 g/mol. The molecule has 0 aliphatic carbocycles. The lowest BCUT2D eigenvalue weighted by atomic mass is 10.1. The van der Waals surface area contributed by atoms with Crippen LogP contribution in [-0.2, 0) is 4.74 Å². The van der Waals surface area contributed by atoms with Crippen LogP contribution in [0.15, 0.2) is 36.7 Å². The number of nitrogens with zero attached hydrogens (tertiary/aromatic N) is 2. The second kappa shape index (κ2) is 15.4. The van der Waals surface area contributed by atoms with Gasteiger partial charge in [0.2, 0.25) is 0 Å². The molecule has 4 nitrogen and oxygen atoms in total. The first kappa shape index (κ1) is 24.9. The lowest BCUT2D eigenvalue weighted by molar-refractivity contribution is 0.0802. The van der Waals surface area contributed by atoms with Crippen LogP contribution in [0.3, 0.4) is 0 Å². The Morgan fingerprint density at radius 2 is 1.52 bits per heavy atom. The molecule has 0 saturated heterocycles. The van der Waals surface area contributed by atoms with Gasteiger partial charge in [0.05, 0.1) is 25.1 Å². The molecule has 0 spiro atoms. The zero-order valence-electron chi connectivity index (χ0n) is 19.5. The molecule has 0 amide bonds. The van der Waals surface area contributed by atoms with E-state index in [0.29, 0.717) is 5.82 Å². The van der Waals surface area contributed by atoms with Crippen LogP contribution in [0.1, 0.15) is 84.1 Å². The van der Waals surface area contributed by atoms with Crippen molar-refractivity contribution in [3.05, 3.63) is 42.2 Å². The molecule has 1 heterocycles. The van der Waals surface area contributed by atoms with Crippen LogP contribution in [0.5, 0.6) is 5.75 Å². The average Bonchev–Trinajstić information content (AvgIpc) is 2.79. The van der Waals surface area contributed by atoms with Gasteiger partial charge in [-0.2, -0.15) is 0 Å². The Balaban J connectivity index is 1.71. The van der Waals surface area contributed by atoms with E-state index in [1.165, 1.54) is 44.9 Å². The van der Waals surface area contributed by atoms with Gasteiger partial charge in [-0.05, 0) is 44.5 Å². The standard InChI is InChI=1S/C27H38N2O2/c1-4-6-7-8-9-10-11-12-20-31-26-21-28-27(29-22-26)25-18-16-24(17-19-25)15-13-14-23(3)30-5-2/h16-19,21-23H,4-12,14,20H2,1-3H3. The van der Waals surface area contributed by atoms with Crippen LogP contribution < -0.4 is 4.74 Å². The second-order valence-electron chi connectivity index (χ2n) is 7.91. The maximum absolute atomic E-state index is 5.79. The lowest BCUT2D eigenvalue weighted by Crippen LogP contribution is -2.05. The first-order chi connectivity index (χ1) is 15.2. The van der Waals surface area contributed by atoms with Crippen LogP contribution in [0.4, 0.5) is 0 Å². The zero-order chi connectivity index (χ0) is 22.2. The second-order valence-corrected chi connectivity index (χ2v) is 7.91. The molecule has 1 unspecified atom stereocenters. The summed E-state index contributed by atoms with van der Waals surface area (Å²) in [5.74, 6) is 7.79. The van der Waals surface area contributed by atoms with Crippen molar-refractivity contribution in [2.45, 2.75) is 84.7 Å². The summed E-state index contributed by atoms with van der Waals surface area (Å²) in [6.07, 6.45) is 14.8. The molecule has 4 heteroatoms. The van der Waals surface area contributed by atoms with Gasteiger partial charge in [-0.1, -0.05) is 63.7 Å². The third kappa shape index (κ3) is 10.5. The SMILES string of the molecule is CCCCCCCCCCOc1cnc(-c2ccc(C#CCC(C)OCC)cc2)nc1. The van der Waals surface area contributed by atoms with Crippen LogP contribution >= 0.6 is 0 Å². The summed E-state index contributed by atoms with van der Waals surface area (Å²) in [5, 5.41) is 0. The van der Waals surface area contributed by atoms with Crippen LogP contribution in [-0.4, -0.2) is 29.3 Å². The van der Waals surface area contributed by atoms with Gasteiger partial charge in [-0.3, -0.25) is 0 Å². The highest BCUT2D eigenvalue weighted by Gasteiger charge is 2.03. The number of aromatic nitrogens is 2. The van der Waals surface area contributed by atoms with E-state index >= 15 is 0 Å². The molecule has 0 fully saturated rings. The van der Waals surface area contributed by atoms with Gasteiger partial charge < -0.3 is 9.47 Å². The van der Waals surface area contributed by atoms with Gasteiger partial charge in [0.15, 0.2) is 11.6 Å². The van der Waals surface area contributed by atoms with Gasteiger partial charge >= 0.3 is 0 Å². The first-order valence-corrected chi connectivity index (χ1v) is 11.9. The van der Waals surface area contributed by atoms with Gasteiger partial charge in [0.25, 0.3) is 0 Å². The van der Waals surface area contributed by atoms with Gasteiger partial charge in [-0.15, -0.1) is 0 Å². The molecular weight excluding hydrogens is 384 g/mol. The number of rotatable bonds is 14. The van der Waals surface area contributed by atoms with Crippen molar-refractivity contribution in [2.24, 2.45) is 0 Å². The molecule has 2 aromatic rings. The quantitative estimate of drug-likeness (QED) is 0.247. The fourth-order valence-corrected chi connectivity index (χ4v) is 3.31. The van der Waals surface area contributed by atoms with Gasteiger partial charge in [-0.25, -0.2) is 9.97 Å². The Kier molecular flexibility index (Phi) is 12.4.